The Morgan fingerprint density at radius 1 is 1.32 bits per heavy atom. The first kappa shape index (κ1) is 24.3. The second-order valence-corrected chi connectivity index (χ2v) is 7.71. The summed E-state index contributed by atoms with van der Waals surface area (Å²) in [6.07, 6.45) is 1.05. The molecule has 1 heterocycles. The van der Waals surface area contributed by atoms with Crippen molar-refractivity contribution in [2.45, 2.75) is 46.3 Å². The lowest BCUT2D eigenvalue weighted by atomic mass is 10.2. The molecule has 0 spiro atoms. The fraction of sp³-hybridized carbons (Fsp3) is 0.737. The highest BCUT2D eigenvalue weighted by molar-refractivity contribution is 7.13. The van der Waals surface area contributed by atoms with Crippen LogP contribution < -0.4 is 10.6 Å². The minimum absolute atomic E-state index is 0.0922. The maximum absolute atomic E-state index is 12.0. The molecule has 2 unspecified atom stereocenters. The number of esters is 1. The third kappa shape index (κ3) is 8.12. The Hall–Kier alpha value is -1.71. The van der Waals surface area contributed by atoms with E-state index in [9.17, 15) is 4.79 Å². The van der Waals surface area contributed by atoms with Crippen LogP contribution in [0.5, 0.6) is 0 Å². The zero-order valence-electron chi connectivity index (χ0n) is 18.2. The standard InChI is InChI=1S/C19H35N5O3S/c1-8-26-15(10-11-24(6)7)12-21-19(20-5)23-14(4)17-22-13(3)16(28-17)18(25)27-9-2/h14-15H,8-12H2,1-7H3,(H2,20,21,23). The average Bonchev–Trinajstić information content (AvgIpc) is 3.04. The van der Waals surface area contributed by atoms with Crippen LogP contribution in [0.4, 0.5) is 0 Å². The van der Waals surface area contributed by atoms with Crippen molar-refractivity contribution in [3.05, 3.63) is 15.6 Å². The smallest absolute Gasteiger partial charge is 0.350 e. The van der Waals surface area contributed by atoms with Gasteiger partial charge < -0.3 is 25.0 Å². The van der Waals surface area contributed by atoms with Gasteiger partial charge in [-0.3, -0.25) is 4.99 Å². The molecule has 2 atom stereocenters. The van der Waals surface area contributed by atoms with Gasteiger partial charge in [-0.15, -0.1) is 11.3 Å². The van der Waals surface area contributed by atoms with E-state index in [1.165, 1.54) is 11.3 Å². The molecule has 0 bridgehead atoms. The molecule has 8 nitrogen and oxygen atoms in total. The van der Waals surface area contributed by atoms with Crippen molar-refractivity contribution in [3.63, 3.8) is 0 Å². The van der Waals surface area contributed by atoms with Crippen molar-refractivity contribution in [2.24, 2.45) is 4.99 Å². The minimum atomic E-state index is -0.320. The Bertz CT molecular complexity index is 633. The summed E-state index contributed by atoms with van der Waals surface area (Å²) >= 11 is 1.35. The van der Waals surface area contributed by atoms with Gasteiger partial charge in [0.05, 0.1) is 24.4 Å². The highest BCUT2D eigenvalue weighted by Crippen LogP contribution is 2.24. The van der Waals surface area contributed by atoms with Crippen molar-refractivity contribution < 1.29 is 14.3 Å². The molecule has 160 valence electrons. The van der Waals surface area contributed by atoms with Crippen LogP contribution in [-0.2, 0) is 9.47 Å². The number of rotatable bonds is 11. The number of nitrogens with one attached hydrogen (secondary N) is 2. The molecule has 0 aromatic carbocycles. The largest absolute Gasteiger partial charge is 0.462 e. The topological polar surface area (TPSA) is 88.1 Å². The molecular weight excluding hydrogens is 378 g/mol. The van der Waals surface area contributed by atoms with Gasteiger partial charge in [-0.2, -0.15) is 0 Å². The van der Waals surface area contributed by atoms with Crippen LogP contribution in [-0.4, -0.2) is 75.4 Å². The maximum Gasteiger partial charge on any atom is 0.350 e. The Morgan fingerprint density at radius 3 is 2.61 bits per heavy atom. The normalized spacial score (nSPS) is 14.1. The highest BCUT2D eigenvalue weighted by atomic mass is 32.1. The van der Waals surface area contributed by atoms with Crippen molar-refractivity contribution in [3.8, 4) is 0 Å². The number of thiazole rings is 1. The van der Waals surface area contributed by atoms with Gasteiger partial charge in [0.1, 0.15) is 9.88 Å². The number of carbonyl (C=O) groups excluding carboxylic acids is 1. The SMILES string of the molecule is CCOC(=O)c1sc(C(C)NC(=NC)NCC(CCN(C)C)OCC)nc1C. The number of nitrogens with zero attached hydrogens (tertiary/aromatic N) is 3. The van der Waals surface area contributed by atoms with Gasteiger partial charge in [0.25, 0.3) is 0 Å². The summed E-state index contributed by atoms with van der Waals surface area (Å²) in [4.78, 5) is 23.5. The van der Waals surface area contributed by atoms with Crippen LogP contribution in [0.3, 0.4) is 0 Å². The molecule has 2 N–H and O–H groups in total. The van der Waals surface area contributed by atoms with Gasteiger partial charge in [-0.25, -0.2) is 9.78 Å². The lowest BCUT2D eigenvalue weighted by Gasteiger charge is -2.22. The van der Waals surface area contributed by atoms with E-state index in [-0.39, 0.29) is 18.1 Å². The van der Waals surface area contributed by atoms with Crippen molar-refractivity contribution in [1.82, 2.24) is 20.5 Å². The third-order valence-corrected chi connectivity index (χ3v) is 5.34. The summed E-state index contributed by atoms with van der Waals surface area (Å²) in [5.74, 6) is 0.353. The van der Waals surface area contributed by atoms with Crippen molar-refractivity contribution >= 4 is 23.3 Å². The van der Waals surface area contributed by atoms with E-state index in [1.807, 2.05) is 20.8 Å². The van der Waals surface area contributed by atoms with E-state index in [1.54, 1.807) is 14.0 Å². The lowest BCUT2D eigenvalue weighted by molar-refractivity contribution is 0.0530. The van der Waals surface area contributed by atoms with E-state index < -0.39 is 0 Å². The number of hydrogen-bond donors (Lipinski definition) is 2. The molecule has 0 aliphatic carbocycles. The molecule has 0 saturated carbocycles. The first-order valence-corrected chi connectivity index (χ1v) is 10.5. The molecule has 0 aliphatic rings. The third-order valence-electron chi connectivity index (χ3n) is 4.02. The van der Waals surface area contributed by atoms with Gasteiger partial charge in [-0.1, -0.05) is 0 Å². The maximum atomic E-state index is 12.0. The number of ether oxygens (including phenoxy) is 2. The number of aliphatic imine (C=N–C) groups is 1. The van der Waals surface area contributed by atoms with Gasteiger partial charge in [0.15, 0.2) is 5.96 Å². The summed E-state index contributed by atoms with van der Waals surface area (Å²) in [5, 5.41) is 7.47. The van der Waals surface area contributed by atoms with Gasteiger partial charge >= 0.3 is 5.97 Å². The number of hydrogen-bond acceptors (Lipinski definition) is 7. The monoisotopic (exact) mass is 413 g/mol. The van der Waals surface area contributed by atoms with E-state index >= 15 is 0 Å². The summed E-state index contributed by atoms with van der Waals surface area (Å²) in [5.41, 5.74) is 0.690. The molecule has 0 amide bonds. The quantitative estimate of drug-likeness (QED) is 0.327. The summed E-state index contributed by atoms with van der Waals surface area (Å²) < 4.78 is 10.9. The molecular formula is C19H35N5O3S. The zero-order valence-corrected chi connectivity index (χ0v) is 19.0. The van der Waals surface area contributed by atoms with Crippen LogP contribution >= 0.6 is 11.3 Å². The first-order valence-electron chi connectivity index (χ1n) is 9.70. The summed E-state index contributed by atoms with van der Waals surface area (Å²) in [6.45, 7) is 10.3. The molecule has 0 fully saturated rings. The van der Waals surface area contributed by atoms with Crippen LogP contribution in [0.15, 0.2) is 4.99 Å². The molecule has 1 aromatic heterocycles. The van der Waals surface area contributed by atoms with Crippen molar-refractivity contribution in [1.29, 1.82) is 0 Å². The number of aryl methyl sites for hydroxylation is 1. The second kappa shape index (κ2) is 12.7. The van der Waals surface area contributed by atoms with E-state index in [0.29, 0.717) is 36.3 Å². The van der Waals surface area contributed by atoms with Crippen LogP contribution in [0.2, 0.25) is 0 Å². The Kier molecular flexibility index (Phi) is 11.0. The fourth-order valence-electron chi connectivity index (χ4n) is 2.54. The van der Waals surface area contributed by atoms with Crippen LogP contribution in [0.25, 0.3) is 0 Å². The van der Waals surface area contributed by atoms with Crippen LogP contribution in [0.1, 0.15) is 53.6 Å². The molecule has 0 saturated heterocycles. The predicted molar refractivity (Wildman–Crippen MR) is 114 cm³/mol. The average molecular weight is 414 g/mol. The molecule has 0 radical (unpaired) electrons. The number of guanidine groups is 1. The van der Waals surface area contributed by atoms with E-state index in [0.717, 1.165) is 18.0 Å². The van der Waals surface area contributed by atoms with Gasteiger partial charge in [0.2, 0.25) is 0 Å². The molecule has 1 aromatic rings. The second-order valence-electron chi connectivity index (χ2n) is 6.68. The molecule has 9 heteroatoms. The molecule has 1 rings (SSSR count). The van der Waals surface area contributed by atoms with Gasteiger partial charge in [0, 0.05) is 26.7 Å². The molecule has 28 heavy (non-hydrogen) atoms. The number of carbonyl (C=O) groups is 1. The summed E-state index contributed by atoms with van der Waals surface area (Å²) in [6, 6.07) is -0.0922. The van der Waals surface area contributed by atoms with E-state index in [2.05, 4.69) is 39.6 Å². The lowest BCUT2D eigenvalue weighted by Crippen LogP contribution is -2.43. The Morgan fingerprint density at radius 2 is 2.04 bits per heavy atom. The zero-order chi connectivity index (χ0) is 21.1. The van der Waals surface area contributed by atoms with E-state index in [4.69, 9.17) is 9.47 Å². The predicted octanol–water partition coefficient (Wildman–Crippen LogP) is 2.21. The first-order chi connectivity index (χ1) is 13.3. The summed E-state index contributed by atoms with van der Waals surface area (Å²) in [7, 11) is 5.84. The number of aromatic nitrogens is 1. The van der Waals surface area contributed by atoms with Crippen LogP contribution in [0, 0.1) is 6.92 Å². The highest BCUT2D eigenvalue weighted by Gasteiger charge is 2.20. The Balaban J connectivity index is 2.66. The molecule has 0 aliphatic heterocycles. The minimum Gasteiger partial charge on any atom is -0.462 e. The fourth-order valence-corrected chi connectivity index (χ4v) is 3.51. The Labute approximate surface area is 172 Å². The van der Waals surface area contributed by atoms with Crippen molar-refractivity contribution in [2.75, 3.05) is 47.4 Å². The van der Waals surface area contributed by atoms with Gasteiger partial charge in [-0.05, 0) is 48.2 Å².